The minimum absolute atomic E-state index is 0.284. The van der Waals surface area contributed by atoms with E-state index in [2.05, 4.69) is 10.1 Å². The molecule has 1 atom stereocenters. The standard InChI is InChI=1S/C15H24N2O3/c1-11-13(12(2)20-16-11)10-17-7-5-15(6-8-17)14(18)4-3-9-19-15/h14,18H,3-10H2,1-2H3/t14-/m1/s1. The van der Waals surface area contributed by atoms with Gasteiger partial charge in [0.05, 0.1) is 17.4 Å². The number of likely N-dealkylation sites (tertiary alicyclic amines) is 1. The monoisotopic (exact) mass is 280 g/mol. The Morgan fingerprint density at radius 2 is 2.10 bits per heavy atom. The van der Waals surface area contributed by atoms with Crippen LogP contribution in [0.4, 0.5) is 0 Å². The van der Waals surface area contributed by atoms with Gasteiger partial charge in [-0.1, -0.05) is 5.16 Å². The van der Waals surface area contributed by atoms with Crippen molar-refractivity contribution in [2.75, 3.05) is 19.7 Å². The van der Waals surface area contributed by atoms with Crippen LogP contribution in [0, 0.1) is 13.8 Å². The van der Waals surface area contributed by atoms with Crippen molar-refractivity contribution in [1.82, 2.24) is 10.1 Å². The second kappa shape index (κ2) is 5.47. The number of rotatable bonds is 2. The molecule has 1 N–H and O–H groups in total. The van der Waals surface area contributed by atoms with Crippen molar-refractivity contribution in [3.05, 3.63) is 17.0 Å². The third kappa shape index (κ3) is 2.50. The van der Waals surface area contributed by atoms with Gasteiger partial charge in [-0.15, -0.1) is 0 Å². The van der Waals surface area contributed by atoms with Crippen molar-refractivity contribution in [2.24, 2.45) is 0 Å². The van der Waals surface area contributed by atoms with Crippen LogP contribution in [0.5, 0.6) is 0 Å². The Kier molecular flexibility index (Phi) is 3.84. The fourth-order valence-electron chi connectivity index (χ4n) is 3.43. The van der Waals surface area contributed by atoms with E-state index in [1.165, 1.54) is 5.56 Å². The highest BCUT2D eigenvalue weighted by molar-refractivity contribution is 5.20. The fourth-order valence-corrected chi connectivity index (χ4v) is 3.43. The first kappa shape index (κ1) is 14.0. The molecule has 1 aromatic rings. The van der Waals surface area contributed by atoms with E-state index in [1.54, 1.807) is 0 Å². The van der Waals surface area contributed by atoms with Crippen molar-refractivity contribution in [2.45, 2.75) is 57.8 Å². The molecular formula is C15H24N2O3. The average Bonchev–Trinajstić information content (AvgIpc) is 2.76. The molecule has 0 aromatic carbocycles. The highest BCUT2D eigenvalue weighted by Crippen LogP contribution is 2.35. The molecule has 1 spiro atoms. The summed E-state index contributed by atoms with van der Waals surface area (Å²) in [6.07, 6.45) is 3.39. The zero-order valence-electron chi connectivity index (χ0n) is 12.4. The fraction of sp³-hybridized carbons (Fsp3) is 0.800. The summed E-state index contributed by atoms with van der Waals surface area (Å²) in [6.45, 7) is 7.55. The molecule has 0 radical (unpaired) electrons. The lowest BCUT2D eigenvalue weighted by molar-refractivity contribution is -0.177. The van der Waals surface area contributed by atoms with E-state index in [4.69, 9.17) is 9.26 Å². The van der Waals surface area contributed by atoms with Gasteiger partial charge in [0.25, 0.3) is 0 Å². The van der Waals surface area contributed by atoms with Crippen LogP contribution in [0.25, 0.3) is 0 Å². The van der Waals surface area contributed by atoms with E-state index in [1.807, 2.05) is 13.8 Å². The largest absolute Gasteiger partial charge is 0.390 e. The van der Waals surface area contributed by atoms with Gasteiger partial charge in [0.2, 0.25) is 0 Å². The summed E-state index contributed by atoms with van der Waals surface area (Å²) >= 11 is 0. The Morgan fingerprint density at radius 3 is 2.70 bits per heavy atom. The molecular weight excluding hydrogens is 256 g/mol. The van der Waals surface area contributed by atoms with Gasteiger partial charge in [0.15, 0.2) is 0 Å². The predicted octanol–water partition coefficient (Wildman–Crippen LogP) is 1.80. The molecule has 2 fully saturated rings. The van der Waals surface area contributed by atoms with Gasteiger partial charge in [-0.3, -0.25) is 4.90 Å². The molecule has 2 saturated heterocycles. The number of hydrogen-bond donors (Lipinski definition) is 1. The summed E-state index contributed by atoms with van der Waals surface area (Å²) in [5, 5.41) is 14.3. The molecule has 3 heterocycles. The maximum Gasteiger partial charge on any atom is 0.138 e. The van der Waals surface area contributed by atoms with Crippen LogP contribution < -0.4 is 0 Å². The summed E-state index contributed by atoms with van der Waals surface area (Å²) in [5.41, 5.74) is 1.90. The van der Waals surface area contributed by atoms with E-state index in [-0.39, 0.29) is 11.7 Å². The molecule has 0 unspecified atom stereocenters. The number of aliphatic hydroxyl groups excluding tert-OH is 1. The minimum Gasteiger partial charge on any atom is -0.390 e. The maximum atomic E-state index is 10.2. The summed E-state index contributed by atoms with van der Waals surface area (Å²) < 4.78 is 11.2. The summed E-state index contributed by atoms with van der Waals surface area (Å²) in [6, 6.07) is 0. The van der Waals surface area contributed by atoms with Gasteiger partial charge in [-0.2, -0.15) is 0 Å². The van der Waals surface area contributed by atoms with Crippen molar-refractivity contribution >= 4 is 0 Å². The molecule has 0 amide bonds. The Hall–Kier alpha value is -0.910. The number of aromatic nitrogens is 1. The minimum atomic E-state index is -0.294. The molecule has 5 heteroatoms. The first-order valence-electron chi connectivity index (χ1n) is 7.57. The van der Waals surface area contributed by atoms with E-state index in [0.717, 1.165) is 63.4 Å². The van der Waals surface area contributed by atoms with E-state index in [9.17, 15) is 5.11 Å². The Bertz CT molecular complexity index is 444. The highest BCUT2D eigenvalue weighted by atomic mass is 16.5. The van der Waals surface area contributed by atoms with Gasteiger partial charge in [-0.25, -0.2) is 0 Å². The van der Waals surface area contributed by atoms with Crippen LogP contribution in [0.2, 0.25) is 0 Å². The number of nitrogens with zero attached hydrogens (tertiary/aromatic N) is 2. The molecule has 0 bridgehead atoms. The van der Waals surface area contributed by atoms with Gasteiger partial charge < -0.3 is 14.4 Å². The molecule has 5 nitrogen and oxygen atoms in total. The number of aliphatic hydroxyl groups is 1. The average molecular weight is 280 g/mol. The summed E-state index contributed by atoms with van der Waals surface area (Å²) in [7, 11) is 0. The van der Waals surface area contributed by atoms with Crippen molar-refractivity contribution < 1.29 is 14.4 Å². The first-order chi connectivity index (χ1) is 9.61. The van der Waals surface area contributed by atoms with Gasteiger partial charge in [0.1, 0.15) is 5.76 Å². The normalized spacial score (nSPS) is 27.1. The number of aryl methyl sites for hydroxylation is 2. The van der Waals surface area contributed by atoms with Gasteiger partial charge >= 0.3 is 0 Å². The first-order valence-corrected chi connectivity index (χ1v) is 7.57. The molecule has 2 aliphatic rings. The zero-order valence-corrected chi connectivity index (χ0v) is 12.4. The van der Waals surface area contributed by atoms with Crippen LogP contribution in [0.1, 0.15) is 42.7 Å². The molecule has 3 rings (SSSR count). The topological polar surface area (TPSA) is 58.7 Å². The van der Waals surface area contributed by atoms with Gasteiger partial charge in [0, 0.05) is 31.8 Å². The molecule has 112 valence electrons. The maximum absolute atomic E-state index is 10.2. The Morgan fingerprint density at radius 1 is 1.35 bits per heavy atom. The lowest BCUT2D eigenvalue weighted by Gasteiger charge is -2.46. The predicted molar refractivity (Wildman–Crippen MR) is 74.4 cm³/mol. The number of ether oxygens (including phenoxy) is 1. The Balaban J connectivity index is 1.61. The third-order valence-electron chi connectivity index (χ3n) is 4.88. The molecule has 0 aliphatic carbocycles. The van der Waals surface area contributed by atoms with E-state index >= 15 is 0 Å². The van der Waals surface area contributed by atoms with Crippen molar-refractivity contribution in [3.8, 4) is 0 Å². The van der Waals surface area contributed by atoms with Gasteiger partial charge in [-0.05, 0) is 39.5 Å². The summed E-state index contributed by atoms with van der Waals surface area (Å²) in [5.74, 6) is 0.914. The van der Waals surface area contributed by atoms with Crippen LogP contribution >= 0.6 is 0 Å². The smallest absolute Gasteiger partial charge is 0.138 e. The number of hydrogen-bond acceptors (Lipinski definition) is 5. The SMILES string of the molecule is Cc1noc(C)c1CN1CCC2(CC1)OCCC[C@H]2O. The molecule has 2 aliphatic heterocycles. The second-order valence-corrected chi connectivity index (χ2v) is 6.15. The molecule has 20 heavy (non-hydrogen) atoms. The molecule has 1 aromatic heterocycles. The van der Waals surface area contributed by atoms with E-state index in [0.29, 0.717) is 0 Å². The zero-order chi connectivity index (χ0) is 14.2. The second-order valence-electron chi connectivity index (χ2n) is 6.15. The highest BCUT2D eigenvalue weighted by Gasteiger charge is 2.43. The lowest BCUT2D eigenvalue weighted by atomic mass is 9.82. The third-order valence-corrected chi connectivity index (χ3v) is 4.88. The van der Waals surface area contributed by atoms with Crippen molar-refractivity contribution in [1.29, 1.82) is 0 Å². The van der Waals surface area contributed by atoms with Crippen LogP contribution in [-0.2, 0) is 11.3 Å². The van der Waals surface area contributed by atoms with Crippen LogP contribution in [-0.4, -0.2) is 46.6 Å². The van der Waals surface area contributed by atoms with Crippen LogP contribution in [0.3, 0.4) is 0 Å². The number of piperidine rings is 1. The quantitative estimate of drug-likeness (QED) is 0.895. The van der Waals surface area contributed by atoms with Crippen molar-refractivity contribution in [3.63, 3.8) is 0 Å². The Labute approximate surface area is 119 Å². The lowest BCUT2D eigenvalue weighted by Crippen LogP contribution is -2.55. The molecule has 0 saturated carbocycles. The van der Waals surface area contributed by atoms with Crippen LogP contribution in [0.15, 0.2) is 4.52 Å². The summed E-state index contributed by atoms with van der Waals surface area (Å²) in [4.78, 5) is 2.41. The van der Waals surface area contributed by atoms with E-state index < -0.39 is 0 Å².